The van der Waals surface area contributed by atoms with Crippen LogP contribution in [0.4, 0.5) is 4.39 Å². The Hall–Kier alpha value is -1.35. The molecule has 1 aromatic carbocycles. The third-order valence-corrected chi connectivity index (χ3v) is 3.98. The fourth-order valence-corrected chi connectivity index (χ4v) is 2.95. The van der Waals surface area contributed by atoms with Gasteiger partial charge < -0.3 is 10.5 Å². The summed E-state index contributed by atoms with van der Waals surface area (Å²) in [4.78, 5) is 0. The predicted molar refractivity (Wildman–Crippen MR) is 68.8 cm³/mol. The molecule has 1 aliphatic carbocycles. The van der Waals surface area contributed by atoms with E-state index in [1.54, 1.807) is 6.07 Å². The molecule has 0 spiro atoms. The van der Waals surface area contributed by atoms with E-state index in [1.807, 2.05) is 0 Å². The number of fused-ring (bicyclic) bond motifs is 1. The summed E-state index contributed by atoms with van der Waals surface area (Å²) in [5, 5.41) is 0. The smallest absolute Gasteiger partial charge is 0.127 e. The van der Waals surface area contributed by atoms with Crippen molar-refractivity contribution in [3.05, 3.63) is 41.7 Å². The molecule has 2 nitrogen and oxygen atoms in total. The van der Waals surface area contributed by atoms with E-state index in [2.05, 4.69) is 12.2 Å². The van der Waals surface area contributed by atoms with Crippen molar-refractivity contribution in [3.8, 4) is 5.75 Å². The molecule has 18 heavy (non-hydrogen) atoms. The molecule has 1 aliphatic heterocycles. The second-order valence-corrected chi connectivity index (χ2v) is 5.23. The number of hydrogen-bond acceptors (Lipinski definition) is 2. The van der Waals surface area contributed by atoms with Gasteiger partial charge in [0.2, 0.25) is 0 Å². The van der Waals surface area contributed by atoms with Gasteiger partial charge in [-0.3, -0.25) is 0 Å². The molecule has 1 heterocycles. The van der Waals surface area contributed by atoms with E-state index in [0.717, 1.165) is 31.2 Å². The summed E-state index contributed by atoms with van der Waals surface area (Å²) < 4.78 is 19.2. The zero-order valence-corrected chi connectivity index (χ0v) is 10.3. The predicted octanol–water partition coefficient (Wildman–Crippen LogP) is 3.33. The first-order valence-electron chi connectivity index (χ1n) is 6.61. The lowest BCUT2D eigenvalue weighted by atomic mass is 9.84. The fourth-order valence-electron chi connectivity index (χ4n) is 2.95. The summed E-state index contributed by atoms with van der Waals surface area (Å²) in [6.07, 6.45) is 8.67. The van der Waals surface area contributed by atoms with Crippen molar-refractivity contribution in [2.45, 2.75) is 37.8 Å². The molecule has 0 saturated carbocycles. The van der Waals surface area contributed by atoms with Crippen molar-refractivity contribution in [1.82, 2.24) is 0 Å². The van der Waals surface area contributed by atoms with E-state index in [-0.39, 0.29) is 18.0 Å². The molecule has 96 valence electrons. The van der Waals surface area contributed by atoms with Gasteiger partial charge in [0.15, 0.2) is 0 Å². The van der Waals surface area contributed by atoms with E-state index in [4.69, 9.17) is 10.5 Å². The Labute approximate surface area is 107 Å². The van der Waals surface area contributed by atoms with Gasteiger partial charge in [-0.2, -0.15) is 0 Å². The van der Waals surface area contributed by atoms with Gasteiger partial charge in [0, 0.05) is 24.1 Å². The van der Waals surface area contributed by atoms with Gasteiger partial charge in [0.25, 0.3) is 0 Å². The van der Waals surface area contributed by atoms with E-state index >= 15 is 0 Å². The normalized spacial score (nSPS) is 30.7. The van der Waals surface area contributed by atoms with Crippen molar-refractivity contribution in [1.29, 1.82) is 0 Å². The molecule has 3 atom stereocenters. The monoisotopic (exact) mass is 247 g/mol. The highest BCUT2D eigenvalue weighted by Crippen LogP contribution is 2.38. The summed E-state index contributed by atoms with van der Waals surface area (Å²) in [5.74, 6) is 0.885. The molecule has 3 rings (SSSR count). The topological polar surface area (TPSA) is 35.2 Å². The molecule has 0 amide bonds. The maximum atomic E-state index is 13.3. The highest BCUT2D eigenvalue weighted by molar-refractivity contribution is 5.38. The average Bonchev–Trinajstić information content (AvgIpc) is 2.39. The lowest BCUT2D eigenvalue weighted by molar-refractivity contribution is 0.0933. The third-order valence-electron chi connectivity index (χ3n) is 3.98. The minimum absolute atomic E-state index is 0.0368. The van der Waals surface area contributed by atoms with Gasteiger partial charge in [-0.1, -0.05) is 18.2 Å². The van der Waals surface area contributed by atoms with Crippen LogP contribution in [0.25, 0.3) is 0 Å². The molecule has 1 aromatic rings. The zero-order valence-electron chi connectivity index (χ0n) is 10.3. The van der Waals surface area contributed by atoms with Crippen LogP contribution in [0.1, 0.15) is 37.3 Å². The van der Waals surface area contributed by atoms with Gasteiger partial charge in [-0.25, -0.2) is 4.39 Å². The number of nitrogens with two attached hydrogens (primary N) is 1. The van der Waals surface area contributed by atoms with E-state index in [1.165, 1.54) is 12.1 Å². The van der Waals surface area contributed by atoms with Crippen LogP contribution >= 0.6 is 0 Å². The van der Waals surface area contributed by atoms with E-state index in [9.17, 15) is 4.39 Å². The van der Waals surface area contributed by atoms with Crippen LogP contribution in [0.5, 0.6) is 5.75 Å². The summed E-state index contributed by atoms with van der Waals surface area (Å²) >= 11 is 0. The standard InChI is InChI=1S/C15H18FNO/c16-11-6-7-12-13(17)9-14(18-15(12)8-11)10-4-2-1-3-5-10/h1-2,6-8,10,13-14H,3-5,9,17H2. The van der Waals surface area contributed by atoms with Crippen LogP contribution in [0.2, 0.25) is 0 Å². The summed E-state index contributed by atoms with van der Waals surface area (Å²) in [5.41, 5.74) is 7.10. The largest absolute Gasteiger partial charge is 0.490 e. The Kier molecular flexibility index (Phi) is 3.08. The molecule has 0 fully saturated rings. The SMILES string of the molecule is NC1CC(C2CC=CCC2)Oc2cc(F)ccc21. The first kappa shape index (κ1) is 11.7. The molecule has 0 bridgehead atoms. The Morgan fingerprint density at radius 2 is 2.17 bits per heavy atom. The Morgan fingerprint density at radius 1 is 1.28 bits per heavy atom. The third kappa shape index (κ3) is 2.15. The minimum atomic E-state index is -0.259. The molecule has 3 unspecified atom stereocenters. The molecular formula is C15H18FNO. The number of hydrogen-bond donors (Lipinski definition) is 1. The van der Waals surface area contributed by atoms with Crippen LogP contribution < -0.4 is 10.5 Å². The molecule has 0 aromatic heterocycles. The van der Waals surface area contributed by atoms with Crippen LogP contribution in [-0.4, -0.2) is 6.10 Å². The number of ether oxygens (including phenoxy) is 1. The molecule has 0 radical (unpaired) electrons. The number of benzene rings is 1. The zero-order chi connectivity index (χ0) is 12.5. The second-order valence-electron chi connectivity index (χ2n) is 5.23. The number of halogens is 1. The van der Waals surface area contributed by atoms with Crippen molar-refractivity contribution in [2.75, 3.05) is 0 Å². The summed E-state index contributed by atoms with van der Waals surface area (Å²) in [7, 11) is 0. The Morgan fingerprint density at radius 3 is 2.94 bits per heavy atom. The first-order valence-corrected chi connectivity index (χ1v) is 6.61. The van der Waals surface area contributed by atoms with Crippen molar-refractivity contribution in [3.63, 3.8) is 0 Å². The Bertz CT molecular complexity index is 472. The number of rotatable bonds is 1. The van der Waals surface area contributed by atoms with Crippen LogP contribution in [0, 0.1) is 11.7 Å². The van der Waals surface area contributed by atoms with Gasteiger partial charge >= 0.3 is 0 Å². The van der Waals surface area contributed by atoms with Crippen molar-refractivity contribution >= 4 is 0 Å². The van der Waals surface area contributed by atoms with Crippen LogP contribution in [0.15, 0.2) is 30.4 Å². The van der Waals surface area contributed by atoms with E-state index in [0.29, 0.717) is 11.7 Å². The molecule has 2 N–H and O–H groups in total. The second kappa shape index (κ2) is 4.73. The van der Waals surface area contributed by atoms with Gasteiger partial charge in [-0.05, 0) is 31.2 Å². The lowest BCUT2D eigenvalue weighted by Gasteiger charge is -2.35. The highest BCUT2D eigenvalue weighted by atomic mass is 19.1. The van der Waals surface area contributed by atoms with Crippen LogP contribution in [-0.2, 0) is 0 Å². The quantitative estimate of drug-likeness (QED) is 0.772. The van der Waals surface area contributed by atoms with Gasteiger partial charge in [0.1, 0.15) is 17.7 Å². The van der Waals surface area contributed by atoms with E-state index < -0.39 is 0 Å². The molecule has 2 aliphatic rings. The average molecular weight is 247 g/mol. The van der Waals surface area contributed by atoms with Crippen molar-refractivity contribution < 1.29 is 9.13 Å². The summed E-state index contributed by atoms with van der Waals surface area (Å²) in [6.45, 7) is 0. The first-order chi connectivity index (χ1) is 8.74. The molecular weight excluding hydrogens is 229 g/mol. The van der Waals surface area contributed by atoms with Gasteiger partial charge in [-0.15, -0.1) is 0 Å². The maximum Gasteiger partial charge on any atom is 0.127 e. The Balaban J connectivity index is 1.83. The van der Waals surface area contributed by atoms with Crippen LogP contribution in [0.3, 0.4) is 0 Å². The summed E-state index contributed by atoms with van der Waals surface area (Å²) in [6, 6.07) is 4.61. The fraction of sp³-hybridized carbons (Fsp3) is 0.467. The molecule has 3 heteroatoms. The molecule has 0 saturated heterocycles. The number of allylic oxidation sites excluding steroid dienone is 2. The minimum Gasteiger partial charge on any atom is -0.490 e. The lowest BCUT2D eigenvalue weighted by Crippen LogP contribution is -2.35. The highest BCUT2D eigenvalue weighted by Gasteiger charge is 2.31. The van der Waals surface area contributed by atoms with Crippen molar-refractivity contribution in [2.24, 2.45) is 11.7 Å². The van der Waals surface area contributed by atoms with Gasteiger partial charge in [0.05, 0.1) is 0 Å². The maximum absolute atomic E-state index is 13.3.